The molecule has 0 heterocycles. The molecule has 0 amide bonds. The second-order valence-corrected chi connectivity index (χ2v) is 4.43. The molecule has 0 aliphatic heterocycles. The molecule has 0 radical (unpaired) electrons. The molecule has 2 heteroatoms. The molecule has 0 saturated carbocycles. The van der Waals surface area contributed by atoms with Gasteiger partial charge in [0.2, 0.25) is 0 Å². The van der Waals surface area contributed by atoms with E-state index in [1.807, 2.05) is 6.07 Å². The van der Waals surface area contributed by atoms with Crippen LogP contribution in [0.5, 0.6) is 5.75 Å². The Morgan fingerprint density at radius 1 is 1.12 bits per heavy atom. The van der Waals surface area contributed by atoms with Crippen LogP contribution in [-0.2, 0) is 6.42 Å². The van der Waals surface area contributed by atoms with Gasteiger partial charge in [0.05, 0.1) is 6.61 Å². The minimum absolute atomic E-state index is 0.833. The van der Waals surface area contributed by atoms with Crippen molar-refractivity contribution < 1.29 is 4.74 Å². The summed E-state index contributed by atoms with van der Waals surface area (Å²) >= 11 is 4.19. The summed E-state index contributed by atoms with van der Waals surface area (Å²) in [6.45, 7) is 3.00. The van der Waals surface area contributed by atoms with Crippen LogP contribution in [0.15, 0.2) is 24.3 Å². The minimum Gasteiger partial charge on any atom is -0.494 e. The van der Waals surface area contributed by atoms with E-state index >= 15 is 0 Å². The number of aryl methyl sites for hydroxylation is 1. The lowest BCUT2D eigenvalue weighted by Crippen LogP contribution is -1.97. The third-order valence-corrected chi connectivity index (χ3v) is 2.94. The molecule has 0 saturated heterocycles. The van der Waals surface area contributed by atoms with Gasteiger partial charge in [0.15, 0.2) is 0 Å². The van der Waals surface area contributed by atoms with E-state index in [0.29, 0.717) is 0 Å². The van der Waals surface area contributed by atoms with Crippen molar-refractivity contribution in [3.8, 4) is 5.75 Å². The van der Waals surface area contributed by atoms with Gasteiger partial charge in [-0.2, -0.15) is 12.6 Å². The molecular weight excluding hydrogens is 216 g/mol. The van der Waals surface area contributed by atoms with Gasteiger partial charge in [-0.25, -0.2) is 0 Å². The van der Waals surface area contributed by atoms with Crippen molar-refractivity contribution in [3.63, 3.8) is 0 Å². The van der Waals surface area contributed by atoms with E-state index < -0.39 is 0 Å². The molecule has 0 atom stereocenters. The third kappa shape index (κ3) is 5.45. The van der Waals surface area contributed by atoms with Gasteiger partial charge in [0.25, 0.3) is 0 Å². The highest BCUT2D eigenvalue weighted by molar-refractivity contribution is 7.80. The maximum atomic E-state index is 5.71. The molecule has 0 aliphatic carbocycles. The molecule has 0 spiro atoms. The number of hydrogen-bond acceptors (Lipinski definition) is 2. The van der Waals surface area contributed by atoms with E-state index in [0.717, 1.165) is 31.0 Å². The fraction of sp³-hybridized carbons (Fsp3) is 0.571. The molecule has 0 unspecified atom stereocenters. The van der Waals surface area contributed by atoms with Gasteiger partial charge < -0.3 is 4.74 Å². The first-order valence-electron chi connectivity index (χ1n) is 6.19. The van der Waals surface area contributed by atoms with Crippen molar-refractivity contribution >= 4 is 12.6 Å². The first-order valence-corrected chi connectivity index (χ1v) is 6.82. The highest BCUT2D eigenvalue weighted by atomic mass is 32.1. The highest BCUT2D eigenvalue weighted by Crippen LogP contribution is 2.14. The summed E-state index contributed by atoms with van der Waals surface area (Å²) in [5.74, 6) is 2.01. The Morgan fingerprint density at radius 3 is 2.69 bits per heavy atom. The van der Waals surface area contributed by atoms with Crippen LogP contribution < -0.4 is 4.74 Å². The largest absolute Gasteiger partial charge is 0.494 e. The standard InChI is InChI=1S/C14H22OS/c1-2-13-8-7-9-14(12-13)15-10-5-3-4-6-11-16/h7-9,12,16H,2-6,10-11H2,1H3. The van der Waals surface area contributed by atoms with E-state index in [1.165, 1.54) is 24.8 Å². The third-order valence-electron chi connectivity index (χ3n) is 2.63. The second-order valence-electron chi connectivity index (χ2n) is 3.99. The van der Waals surface area contributed by atoms with E-state index in [2.05, 4.69) is 37.8 Å². The molecule has 0 N–H and O–H groups in total. The van der Waals surface area contributed by atoms with Crippen LogP contribution in [0.3, 0.4) is 0 Å². The number of ether oxygens (including phenoxy) is 1. The number of rotatable bonds is 8. The van der Waals surface area contributed by atoms with Gasteiger partial charge in [-0.3, -0.25) is 0 Å². The molecule has 0 aliphatic rings. The average molecular weight is 238 g/mol. The maximum absolute atomic E-state index is 5.71. The first-order chi connectivity index (χ1) is 7.86. The van der Waals surface area contributed by atoms with Gasteiger partial charge >= 0.3 is 0 Å². The first kappa shape index (κ1) is 13.4. The zero-order valence-electron chi connectivity index (χ0n) is 10.1. The monoisotopic (exact) mass is 238 g/mol. The molecule has 1 rings (SSSR count). The van der Waals surface area contributed by atoms with Crippen molar-refractivity contribution in [2.24, 2.45) is 0 Å². The Hall–Kier alpha value is -0.630. The summed E-state index contributed by atoms with van der Waals surface area (Å²) in [6, 6.07) is 8.37. The predicted octanol–water partition coefficient (Wildman–Crippen LogP) is 4.12. The van der Waals surface area contributed by atoms with Gasteiger partial charge in [0.1, 0.15) is 5.75 Å². The van der Waals surface area contributed by atoms with Crippen molar-refractivity contribution in [3.05, 3.63) is 29.8 Å². The summed E-state index contributed by atoms with van der Waals surface area (Å²) in [4.78, 5) is 0. The maximum Gasteiger partial charge on any atom is 0.119 e. The number of hydrogen-bond donors (Lipinski definition) is 1. The van der Waals surface area contributed by atoms with Gasteiger partial charge in [-0.15, -0.1) is 0 Å². The molecule has 16 heavy (non-hydrogen) atoms. The summed E-state index contributed by atoms with van der Waals surface area (Å²) in [5, 5.41) is 0. The average Bonchev–Trinajstić information content (AvgIpc) is 2.34. The molecule has 0 fully saturated rings. The van der Waals surface area contributed by atoms with Crippen molar-refractivity contribution in [2.75, 3.05) is 12.4 Å². The van der Waals surface area contributed by atoms with Crippen molar-refractivity contribution in [1.82, 2.24) is 0 Å². The summed E-state index contributed by atoms with van der Waals surface area (Å²) in [5.41, 5.74) is 1.34. The predicted molar refractivity (Wildman–Crippen MR) is 73.6 cm³/mol. The summed E-state index contributed by atoms with van der Waals surface area (Å²) in [7, 11) is 0. The van der Waals surface area contributed by atoms with Gasteiger partial charge in [-0.05, 0) is 42.7 Å². The molecule has 1 aromatic carbocycles. The molecule has 1 nitrogen and oxygen atoms in total. The van der Waals surface area contributed by atoms with Crippen LogP contribution in [0.4, 0.5) is 0 Å². The fourth-order valence-electron chi connectivity index (χ4n) is 1.61. The Bertz CT molecular complexity index is 286. The van der Waals surface area contributed by atoms with E-state index in [4.69, 9.17) is 4.74 Å². The SMILES string of the molecule is CCc1cccc(OCCCCCCS)c1. The summed E-state index contributed by atoms with van der Waals surface area (Å²) in [6.07, 6.45) is 5.94. The molecule has 0 bridgehead atoms. The number of unbranched alkanes of at least 4 members (excludes halogenated alkanes) is 3. The number of benzene rings is 1. The molecule has 90 valence electrons. The van der Waals surface area contributed by atoms with Crippen molar-refractivity contribution in [2.45, 2.75) is 39.0 Å². The van der Waals surface area contributed by atoms with Crippen LogP contribution >= 0.6 is 12.6 Å². The Morgan fingerprint density at radius 2 is 1.94 bits per heavy atom. The Balaban J connectivity index is 2.16. The van der Waals surface area contributed by atoms with Crippen LogP contribution in [0, 0.1) is 0 Å². The molecule has 0 aromatic heterocycles. The fourth-order valence-corrected chi connectivity index (χ4v) is 1.84. The normalized spacial score (nSPS) is 10.4. The van der Waals surface area contributed by atoms with Crippen molar-refractivity contribution in [1.29, 1.82) is 0 Å². The molecule has 1 aromatic rings. The number of thiol groups is 1. The van der Waals surface area contributed by atoms with Crippen LogP contribution in [-0.4, -0.2) is 12.4 Å². The highest BCUT2D eigenvalue weighted by Gasteiger charge is 1.95. The Kier molecular flexibility index (Phi) is 7.15. The zero-order valence-corrected chi connectivity index (χ0v) is 11.0. The lowest BCUT2D eigenvalue weighted by atomic mass is 10.2. The van der Waals surface area contributed by atoms with E-state index in [9.17, 15) is 0 Å². The van der Waals surface area contributed by atoms with E-state index in [1.54, 1.807) is 0 Å². The Labute approximate surface area is 105 Å². The lowest BCUT2D eigenvalue weighted by Gasteiger charge is -2.07. The quantitative estimate of drug-likeness (QED) is 0.529. The smallest absolute Gasteiger partial charge is 0.119 e. The topological polar surface area (TPSA) is 9.23 Å². The zero-order chi connectivity index (χ0) is 11.6. The van der Waals surface area contributed by atoms with Crippen LogP contribution in [0.1, 0.15) is 38.2 Å². The van der Waals surface area contributed by atoms with Crippen LogP contribution in [0.2, 0.25) is 0 Å². The van der Waals surface area contributed by atoms with Gasteiger partial charge in [0, 0.05) is 0 Å². The van der Waals surface area contributed by atoms with E-state index in [-0.39, 0.29) is 0 Å². The van der Waals surface area contributed by atoms with Gasteiger partial charge in [-0.1, -0.05) is 31.9 Å². The van der Waals surface area contributed by atoms with Crippen LogP contribution in [0.25, 0.3) is 0 Å². The summed E-state index contributed by atoms with van der Waals surface area (Å²) < 4.78 is 5.71. The minimum atomic E-state index is 0.833. The second kappa shape index (κ2) is 8.51. The molecular formula is C14H22OS. The lowest BCUT2D eigenvalue weighted by molar-refractivity contribution is 0.305.